The molecule has 1 aliphatic carbocycles. The van der Waals surface area contributed by atoms with Gasteiger partial charge in [-0.1, -0.05) is 12.8 Å². The van der Waals surface area contributed by atoms with Gasteiger partial charge in [0.2, 0.25) is 0 Å². The van der Waals surface area contributed by atoms with Crippen LogP contribution in [0.4, 0.5) is 0 Å². The number of ether oxygens (including phenoxy) is 1. The van der Waals surface area contributed by atoms with Crippen molar-refractivity contribution < 1.29 is 14.6 Å². The van der Waals surface area contributed by atoms with Crippen LogP contribution in [0.1, 0.15) is 53.7 Å². The maximum atomic E-state index is 13.2. The summed E-state index contributed by atoms with van der Waals surface area (Å²) in [6.07, 6.45) is 4.54. The number of carbonyl (C=O) groups excluding carboxylic acids is 1. The number of aromatic nitrogens is 1. The highest BCUT2D eigenvalue weighted by molar-refractivity contribution is 5.95. The van der Waals surface area contributed by atoms with Crippen LogP contribution < -0.4 is 5.56 Å². The first-order valence-corrected chi connectivity index (χ1v) is 9.59. The lowest BCUT2D eigenvalue weighted by Gasteiger charge is -2.47. The third kappa shape index (κ3) is 3.45. The molecule has 3 rings (SSSR count). The van der Waals surface area contributed by atoms with Gasteiger partial charge in [-0.25, -0.2) is 0 Å². The van der Waals surface area contributed by atoms with Crippen LogP contribution in [0.15, 0.2) is 10.9 Å². The molecule has 0 bridgehead atoms. The number of aryl methyl sites for hydroxylation is 2. The number of aliphatic hydroxyl groups is 1. The topological polar surface area (TPSA) is 71.8 Å². The van der Waals surface area contributed by atoms with Crippen LogP contribution in [-0.4, -0.2) is 52.9 Å². The van der Waals surface area contributed by atoms with Crippen molar-refractivity contribution in [3.8, 4) is 0 Å². The maximum absolute atomic E-state index is 13.2. The Labute approximate surface area is 154 Å². The van der Waals surface area contributed by atoms with Crippen LogP contribution in [-0.2, 0) is 11.3 Å². The predicted molar refractivity (Wildman–Crippen MR) is 99.5 cm³/mol. The molecule has 2 atom stereocenters. The standard InChI is InChI=1S/C20H30N2O4/c1-14-12-15(2)22(10-11-26-3)19(24)17(14)18(23)21-9-8-20(25)7-5-4-6-16(20)13-21/h12,16,25H,4-11,13H2,1-3H3. The second kappa shape index (κ2) is 7.53. The Balaban J connectivity index is 1.87. The molecule has 1 aliphatic heterocycles. The molecule has 1 aromatic heterocycles. The Morgan fingerprint density at radius 3 is 2.85 bits per heavy atom. The molecule has 1 N–H and O–H groups in total. The average molecular weight is 362 g/mol. The summed E-state index contributed by atoms with van der Waals surface area (Å²) in [6.45, 7) is 5.61. The molecule has 2 fully saturated rings. The van der Waals surface area contributed by atoms with Crippen molar-refractivity contribution in [2.45, 2.75) is 58.1 Å². The van der Waals surface area contributed by atoms with Crippen LogP contribution in [0.2, 0.25) is 0 Å². The van der Waals surface area contributed by atoms with Crippen LogP contribution in [0.3, 0.4) is 0 Å². The summed E-state index contributed by atoms with van der Waals surface area (Å²) in [5, 5.41) is 10.8. The van der Waals surface area contributed by atoms with Gasteiger partial charge in [-0.3, -0.25) is 9.59 Å². The number of amides is 1. The zero-order valence-electron chi connectivity index (χ0n) is 16.1. The number of fused-ring (bicyclic) bond motifs is 1. The van der Waals surface area contributed by atoms with Crippen molar-refractivity contribution in [1.29, 1.82) is 0 Å². The Morgan fingerprint density at radius 2 is 2.12 bits per heavy atom. The van der Waals surface area contributed by atoms with E-state index in [9.17, 15) is 14.7 Å². The second-order valence-corrected chi connectivity index (χ2v) is 7.84. The summed E-state index contributed by atoms with van der Waals surface area (Å²) in [4.78, 5) is 27.9. The second-order valence-electron chi connectivity index (χ2n) is 7.84. The summed E-state index contributed by atoms with van der Waals surface area (Å²) in [7, 11) is 1.60. The van der Waals surface area contributed by atoms with Crippen molar-refractivity contribution in [2.24, 2.45) is 5.92 Å². The lowest BCUT2D eigenvalue weighted by Crippen LogP contribution is -2.55. The SMILES string of the molecule is COCCn1c(C)cc(C)c(C(=O)N2CCC3(O)CCCCC3C2)c1=O. The quantitative estimate of drug-likeness (QED) is 0.888. The number of pyridine rings is 1. The molecule has 1 saturated carbocycles. The van der Waals surface area contributed by atoms with Gasteiger partial charge in [0.1, 0.15) is 5.56 Å². The summed E-state index contributed by atoms with van der Waals surface area (Å²) in [6, 6.07) is 1.89. The van der Waals surface area contributed by atoms with Gasteiger partial charge >= 0.3 is 0 Å². The minimum absolute atomic E-state index is 0.121. The first-order chi connectivity index (χ1) is 12.4. The molecule has 1 aromatic rings. The van der Waals surface area contributed by atoms with E-state index in [1.807, 2.05) is 19.9 Å². The fraction of sp³-hybridized carbons (Fsp3) is 0.700. The van der Waals surface area contributed by atoms with Gasteiger partial charge in [0.25, 0.3) is 11.5 Å². The highest BCUT2D eigenvalue weighted by atomic mass is 16.5. The minimum Gasteiger partial charge on any atom is -0.389 e. The Bertz CT molecular complexity index is 742. The lowest BCUT2D eigenvalue weighted by atomic mass is 9.71. The van der Waals surface area contributed by atoms with Crippen molar-refractivity contribution in [2.75, 3.05) is 26.8 Å². The van der Waals surface area contributed by atoms with Gasteiger partial charge in [-0.2, -0.15) is 0 Å². The van der Waals surface area contributed by atoms with Crippen LogP contribution in [0.25, 0.3) is 0 Å². The fourth-order valence-corrected chi connectivity index (χ4v) is 4.56. The molecular formula is C20H30N2O4. The lowest BCUT2D eigenvalue weighted by molar-refractivity contribution is -0.0886. The molecular weight excluding hydrogens is 332 g/mol. The minimum atomic E-state index is -0.629. The number of piperidine rings is 1. The van der Waals surface area contributed by atoms with E-state index in [0.717, 1.165) is 36.9 Å². The van der Waals surface area contributed by atoms with Crippen molar-refractivity contribution in [3.63, 3.8) is 0 Å². The Morgan fingerprint density at radius 1 is 1.35 bits per heavy atom. The molecule has 6 nitrogen and oxygen atoms in total. The van der Waals surface area contributed by atoms with Gasteiger partial charge in [0.05, 0.1) is 12.2 Å². The third-order valence-corrected chi connectivity index (χ3v) is 6.15. The van der Waals surface area contributed by atoms with E-state index in [1.54, 1.807) is 16.6 Å². The largest absolute Gasteiger partial charge is 0.389 e. The molecule has 0 radical (unpaired) electrons. The third-order valence-electron chi connectivity index (χ3n) is 6.15. The molecule has 26 heavy (non-hydrogen) atoms. The summed E-state index contributed by atoms with van der Waals surface area (Å²) < 4.78 is 6.71. The van der Waals surface area contributed by atoms with E-state index in [0.29, 0.717) is 32.7 Å². The number of carbonyl (C=O) groups is 1. The van der Waals surface area contributed by atoms with Gasteiger partial charge < -0.3 is 19.3 Å². The Hall–Kier alpha value is -1.66. The number of hydrogen-bond acceptors (Lipinski definition) is 4. The van der Waals surface area contributed by atoms with E-state index in [4.69, 9.17) is 4.74 Å². The molecule has 144 valence electrons. The van der Waals surface area contributed by atoms with Crippen LogP contribution in [0, 0.1) is 19.8 Å². The van der Waals surface area contributed by atoms with Crippen LogP contribution in [0.5, 0.6) is 0 Å². The summed E-state index contributed by atoms with van der Waals surface area (Å²) in [5.41, 5.74) is 0.940. The highest BCUT2D eigenvalue weighted by Crippen LogP contribution is 2.40. The molecule has 2 heterocycles. The molecule has 0 spiro atoms. The molecule has 2 aliphatic rings. The number of hydrogen-bond donors (Lipinski definition) is 1. The zero-order chi connectivity index (χ0) is 18.9. The van der Waals surface area contributed by atoms with E-state index in [-0.39, 0.29) is 22.9 Å². The van der Waals surface area contributed by atoms with Gasteiger partial charge in [0, 0.05) is 38.4 Å². The molecule has 0 aromatic carbocycles. The number of rotatable bonds is 4. The van der Waals surface area contributed by atoms with E-state index >= 15 is 0 Å². The molecule has 2 unspecified atom stereocenters. The van der Waals surface area contributed by atoms with Crippen LogP contribution >= 0.6 is 0 Å². The van der Waals surface area contributed by atoms with Gasteiger partial charge in [-0.05, 0) is 44.7 Å². The van der Waals surface area contributed by atoms with Crippen molar-refractivity contribution in [1.82, 2.24) is 9.47 Å². The monoisotopic (exact) mass is 362 g/mol. The highest BCUT2D eigenvalue weighted by Gasteiger charge is 2.44. The van der Waals surface area contributed by atoms with Crippen molar-refractivity contribution >= 4 is 5.91 Å². The maximum Gasteiger partial charge on any atom is 0.263 e. The van der Waals surface area contributed by atoms with E-state index < -0.39 is 5.60 Å². The van der Waals surface area contributed by atoms with Crippen molar-refractivity contribution in [3.05, 3.63) is 33.2 Å². The number of nitrogens with zero attached hydrogens (tertiary/aromatic N) is 2. The van der Waals surface area contributed by atoms with Gasteiger partial charge in [-0.15, -0.1) is 0 Å². The summed E-state index contributed by atoms with van der Waals surface area (Å²) in [5.74, 6) is -0.0817. The molecule has 1 saturated heterocycles. The molecule has 1 amide bonds. The smallest absolute Gasteiger partial charge is 0.263 e. The first kappa shape index (κ1) is 19.1. The zero-order valence-corrected chi connectivity index (χ0v) is 16.1. The predicted octanol–water partition coefficient (Wildman–Crippen LogP) is 1.88. The van der Waals surface area contributed by atoms with Gasteiger partial charge in [0.15, 0.2) is 0 Å². The first-order valence-electron chi connectivity index (χ1n) is 9.59. The van der Waals surface area contributed by atoms with E-state index in [1.165, 1.54) is 0 Å². The number of likely N-dealkylation sites (tertiary alicyclic amines) is 1. The summed E-state index contributed by atoms with van der Waals surface area (Å²) >= 11 is 0. The normalized spacial score (nSPS) is 25.8. The Kier molecular flexibility index (Phi) is 5.53. The average Bonchev–Trinajstić information content (AvgIpc) is 2.60. The fourth-order valence-electron chi connectivity index (χ4n) is 4.56. The van der Waals surface area contributed by atoms with E-state index in [2.05, 4.69) is 0 Å². The molecule has 6 heteroatoms. The number of methoxy groups -OCH3 is 1.